The van der Waals surface area contributed by atoms with Gasteiger partial charge in [-0.25, -0.2) is 4.79 Å². The third-order valence-electron chi connectivity index (χ3n) is 5.44. The lowest BCUT2D eigenvalue weighted by Gasteiger charge is -2.38. The zero-order chi connectivity index (χ0) is 19.4. The number of hydrogen-bond donors (Lipinski definition) is 0. The Kier molecular flexibility index (Phi) is 6.63. The van der Waals surface area contributed by atoms with Crippen LogP contribution in [0.25, 0.3) is 0 Å². The van der Waals surface area contributed by atoms with Crippen molar-refractivity contribution in [2.45, 2.75) is 51.1 Å². The number of unbranched alkanes of at least 4 members (excludes halogenated alkanes) is 1. The summed E-state index contributed by atoms with van der Waals surface area (Å²) in [4.78, 5) is 28.8. The fourth-order valence-electron chi connectivity index (χ4n) is 3.91. The summed E-state index contributed by atoms with van der Waals surface area (Å²) in [5, 5.41) is 0. The first kappa shape index (κ1) is 20.0. The van der Waals surface area contributed by atoms with Crippen LogP contribution in [0.1, 0.15) is 49.4 Å². The molecule has 2 aliphatic rings. The van der Waals surface area contributed by atoms with E-state index in [9.17, 15) is 9.59 Å². The zero-order valence-electron chi connectivity index (χ0n) is 15.9. The lowest BCUT2D eigenvalue weighted by atomic mass is 9.99. The van der Waals surface area contributed by atoms with Crippen molar-refractivity contribution in [3.05, 3.63) is 28.2 Å². The minimum atomic E-state index is -0.194. The maximum atomic E-state index is 12.8. The number of methoxy groups -OCH3 is 1. The van der Waals surface area contributed by atoms with Gasteiger partial charge in [0.25, 0.3) is 5.91 Å². The van der Waals surface area contributed by atoms with Crippen molar-refractivity contribution >= 4 is 27.9 Å². The second kappa shape index (κ2) is 8.95. The summed E-state index contributed by atoms with van der Waals surface area (Å²) >= 11 is 3.43. The SMILES string of the molecule is CCCCC1COC(=O)N1C1CCN(C(=O)c2ccc(OC)c(Br)c2)CC1. The number of amides is 2. The highest BCUT2D eigenvalue weighted by Gasteiger charge is 2.39. The first-order valence-corrected chi connectivity index (χ1v) is 10.4. The summed E-state index contributed by atoms with van der Waals surface area (Å²) in [7, 11) is 1.60. The molecule has 1 aromatic rings. The Morgan fingerprint density at radius 3 is 2.70 bits per heavy atom. The van der Waals surface area contributed by atoms with E-state index in [1.165, 1.54) is 0 Å². The molecule has 148 valence electrons. The summed E-state index contributed by atoms with van der Waals surface area (Å²) in [5.41, 5.74) is 0.641. The molecule has 2 fully saturated rings. The van der Waals surface area contributed by atoms with Gasteiger partial charge in [0.2, 0.25) is 0 Å². The molecule has 0 aromatic heterocycles. The van der Waals surface area contributed by atoms with Crippen LogP contribution < -0.4 is 4.74 Å². The first-order chi connectivity index (χ1) is 13.0. The van der Waals surface area contributed by atoms with Crippen LogP contribution in [-0.4, -0.2) is 60.7 Å². The number of hydrogen-bond acceptors (Lipinski definition) is 4. The van der Waals surface area contributed by atoms with E-state index in [-0.39, 0.29) is 24.1 Å². The van der Waals surface area contributed by atoms with Crippen LogP contribution in [0.2, 0.25) is 0 Å². The van der Waals surface area contributed by atoms with Crippen LogP contribution >= 0.6 is 15.9 Å². The largest absolute Gasteiger partial charge is 0.496 e. The molecule has 1 aromatic carbocycles. The molecule has 3 rings (SSSR count). The molecule has 0 N–H and O–H groups in total. The predicted octanol–water partition coefficient (Wildman–Crippen LogP) is 4.07. The van der Waals surface area contributed by atoms with Crippen molar-refractivity contribution in [1.82, 2.24) is 9.80 Å². The van der Waals surface area contributed by atoms with Crippen molar-refractivity contribution in [1.29, 1.82) is 0 Å². The molecule has 2 amide bonds. The van der Waals surface area contributed by atoms with Gasteiger partial charge in [-0.05, 0) is 53.4 Å². The number of carbonyl (C=O) groups excluding carboxylic acids is 2. The van der Waals surface area contributed by atoms with Crippen LogP contribution in [0.3, 0.4) is 0 Å². The summed E-state index contributed by atoms with van der Waals surface area (Å²) in [6.07, 6.45) is 4.59. The van der Waals surface area contributed by atoms with Crippen molar-refractivity contribution < 1.29 is 19.1 Å². The second-order valence-electron chi connectivity index (χ2n) is 7.15. The lowest BCUT2D eigenvalue weighted by Crippen LogP contribution is -2.49. The molecule has 0 radical (unpaired) electrons. The second-order valence-corrected chi connectivity index (χ2v) is 8.01. The molecule has 0 bridgehead atoms. The van der Waals surface area contributed by atoms with Gasteiger partial charge < -0.3 is 14.4 Å². The van der Waals surface area contributed by atoms with Crippen LogP contribution in [0.5, 0.6) is 5.75 Å². The minimum absolute atomic E-state index is 0.0170. The molecule has 2 heterocycles. The summed E-state index contributed by atoms with van der Waals surface area (Å²) in [5.74, 6) is 0.722. The van der Waals surface area contributed by atoms with Crippen molar-refractivity contribution in [2.24, 2.45) is 0 Å². The van der Waals surface area contributed by atoms with E-state index in [1.54, 1.807) is 25.3 Å². The number of ether oxygens (including phenoxy) is 2. The molecule has 2 saturated heterocycles. The topological polar surface area (TPSA) is 59.1 Å². The lowest BCUT2D eigenvalue weighted by molar-refractivity contribution is 0.0633. The average molecular weight is 439 g/mol. The van der Waals surface area contributed by atoms with E-state index in [2.05, 4.69) is 22.9 Å². The van der Waals surface area contributed by atoms with Gasteiger partial charge in [0.1, 0.15) is 12.4 Å². The van der Waals surface area contributed by atoms with Gasteiger partial charge in [-0.1, -0.05) is 19.8 Å². The van der Waals surface area contributed by atoms with E-state index < -0.39 is 0 Å². The summed E-state index contributed by atoms with van der Waals surface area (Å²) in [6, 6.07) is 5.72. The number of likely N-dealkylation sites (tertiary alicyclic amines) is 1. The Labute approximate surface area is 168 Å². The molecule has 0 aliphatic carbocycles. The van der Waals surface area contributed by atoms with Crippen molar-refractivity contribution in [3.8, 4) is 5.75 Å². The van der Waals surface area contributed by atoms with Gasteiger partial charge in [0, 0.05) is 24.7 Å². The first-order valence-electron chi connectivity index (χ1n) is 9.63. The fraction of sp³-hybridized carbons (Fsp3) is 0.600. The Bertz CT molecular complexity index is 689. The maximum absolute atomic E-state index is 12.8. The normalized spacial score (nSPS) is 20.7. The molecule has 27 heavy (non-hydrogen) atoms. The average Bonchev–Trinajstić information content (AvgIpc) is 3.06. The van der Waals surface area contributed by atoms with Crippen LogP contribution in [-0.2, 0) is 4.74 Å². The number of piperidine rings is 1. The summed E-state index contributed by atoms with van der Waals surface area (Å²) < 4.78 is 11.3. The van der Waals surface area contributed by atoms with Crippen LogP contribution in [0, 0.1) is 0 Å². The number of rotatable bonds is 6. The van der Waals surface area contributed by atoms with Gasteiger partial charge in [-0.15, -0.1) is 0 Å². The molecular formula is C20H27BrN2O4. The van der Waals surface area contributed by atoms with Crippen molar-refractivity contribution in [2.75, 3.05) is 26.8 Å². The predicted molar refractivity (Wildman–Crippen MR) is 106 cm³/mol. The molecule has 7 heteroatoms. The Morgan fingerprint density at radius 2 is 2.07 bits per heavy atom. The molecule has 0 saturated carbocycles. The van der Waals surface area contributed by atoms with Crippen molar-refractivity contribution in [3.63, 3.8) is 0 Å². The molecule has 6 nitrogen and oxygen atoms in total. The molecule has 1 atom stereocenters. The smallest absolute Gasteiger partial charge is 0.410 e. The van der Waals surface area contributed by atoms with E-state index in [0.717, 1.165) is 36.6 Å². The Hall–Kier alpha value is -1.76. The number of carbonyl (C=O) groups is 2. The van der Waals surface area contributed by atoms with E-state index in [1.807, 2.05) is 9.80 Å². The molecule has 2 aliphatic heterocycles. The highest BCUT2D eigenvalue weighted by Crippen LogP contribution is 2.29. The van der Waals surface area contributed by atoms with Gasteiger partial charge in [-0.2, -0.15) is 0 Å². The molecule has 1 unspecified atom stereocenters. The standard InChI is InChI=1S/C20H27BrN2O4/c1-3-4-5-16-13-27-20(25)23(16)15-8-10-22(11-9-15)19(24)14-6-7-18(26-2)17(21)12-14/h6-7,12,15-16H,3-5,8-11,13H2,1-2H3. The van der Waals surface area contributed by atoms with E-state index in [4.69, 9.17) is 9.47 Å². The highest BCUT2D eigenvalue weighted by atomic mass is 79.9. The third kappa shape index (κ3) is 4.39. The van der Waals surface area contributed by atoms with Crippen LogP contribution in [0.4, 0.5) is 4.79 Å². The van der Waals surface area contributed by atoms with Crippen LogP contribution in [0.15, 0.2) is 22.7 Å². The molecule has 0 spiro atoms. The Morgan fingerprint density at radius 1 is 1.33 bits per heavy atom. The van der Waals surface area contributed by atoms with Gasteiger partial charge in [-0.3, -0.25) is 9.69 Å². The number of benzene rings is 1. The minimum Gasteiger partial charge on any atom is -0.496 e. The van der Waals surface area contributed by atoms with Gasteiger partial charge >= 0.3 is 6.09 Å². The monoisotopic (exact) mass is 438 g/mol. The third-order valence-corrected chi connectivity index (χ3v) is 6.06. The highest BCUT2D eigenvalue weighted by molar-refractivity contribution is 9.10. The van der Waals surface area contributed by atoms with Gasteiger partial charge in [0.05, 0.1) is 17.6 Å². The quantitative estimate of drug-likeness (QED) is 0.671. The fourth-order valence-corrected chi connectivity index (χ4v) is 4.45. The number of cyclic esters (lactones) is 1. The van der Waals surface area contributed by atoms with E-state index >= 15 is 0 Å². The number of nitrogens with zero attached hydrogens (tertiary/aromatic N) is 2. The summed E-state index contributed by atoms with van der Waals surface area (Å²) in [6.45, 7) is 3.95. The van der Waals surface area contributed by atoms with E-state index in [0.29, 0.717) is 31.0 Å². The number of halogens is 1. The maximum Gasteiger partial charge on any atom is 0.410 e. The molecular weight excluding hydrogens is 412 g/mol. The zero-order valence-corrected chi connectivity index (χ0v) is 17.5. The Balaban J connectivity index is 1.60. The van der Waals surface area contributed by atoms with Gasteiger partial charge in [0.15, 0.2) is 0 Å².